The molecule has 1 saturated heterocycles. The fourth-order valence-corrected chi connectivity index (χ4v) is 2.52. The van der Waals surface area contributed by atoms with Gasteiger partial charge in [0.1, 0.15) is 5.60 Å². The van der Waals surface area contributed by atoms with Gasteiger partial charge in [-0.15, -0.1) is 0 Å². The maximum Gasteiger partial charge on any atom is 0.410 e. The van der Waals surface area contributed by atoms with E-state index in [1.165, 1.54) is 0 Å². The summed E-state index contributed by atoms with van der Waals surface area (Å²) in [5, 5.41) is 0. The van der Waals surface area contributed by atoms with Crippen LogP contribution in [0.25, 0.3) is 0 Å². The lowest BCUT2D eigenvalue weighted by molar-refractivity contribution is -0.114. The number of piperidine rings is 1. The molecule has 1 fully saturated rings. The molecule has 1 aromatic carbocycles. The molecular weight excluding hydrogens is 290 g/mol. The molecule has 0 radical (unpaired) electrons. The number of benzene rings is 1. The van der Waals surface area contributed by atoms with Crippen LogP contribution in [0, 0.1) is 0 Å². The zero-order chi connectivity index (χ0) is 16.9. The molecule has 1 aromatic rings. The van der Waals surface area contributed by atoms with Gasteiger partial charge in [-0.05, 0) is 45.3 Å². The Morgan fingerprint density at radius 1 is 1.13 bits per heavy atom. The van der Waals surface area contributed by atoms with Crippen LogP contribution in [0.2, 0.25) is 0 Å². The first-order valence-electron chi connectivity index (χ1n) is 8.07. The van der Waals surface area contributed by atoms with E-state index in [-0.39, 0.29) is 11.9 Å². The summed E-state index contributed by atoms with van der Waals surface area (Å²) in [5.74, 6) is 0.122. The first-order valence-corrected chi connectivity index (χ1v) is 8.07. The van der Waals surface area contributed by atoms with Gasteiger partial charge in [0.15, 0.2) is 5.78 Å². The Balaban J connectivity index is 1.84. The third-order valence-electron chi connectivity index (χ3n) is 3.64. The van der Waals surface area contributed by atoms with Crippen molar-refractivity contribution in [1.82, 2.24) is 4.90 Å². The fraction of sp³-hybridized carbons (Fsp3) is 0.474. The normalized spacial score (nSPS) is 15.3. The van der Waals surface area contributed by atoms with E-state index in [0.717, 1.165) is 24.0 Å². The second kappa shape index (κ2) is 7.44. The molecule has 0 spiro atoms. The Morgan fingerprint density at radius 2 is 1.74 bits per heavy atom. The smallest absolute Gasteiger partial charge is 0.410 e. The lowest BCUT2D eigenvalue weighted by atomic mass is 10.0. The van der Waals surface area contributed by atoms with E-state index in [9.17, 15) is 9.59 Å². The summed E-state index contributed by atoms with van der Waals surface area (Å²) in [6, 6.07) is 9.74. The summed E-state index contributed by atoms with van der Waals surface area (Å²) >= 11 is 0. The molecule has 4 heteroatoms. The topological polar surface area (TPSA) is 46.6 Å². The summed E-state index contributed by atoms with van der Waals surface area (Å²) in [7, 11) is 0. The number of amides is 1. The largest absolute Gasteiger partial charge is 0.444 e. The van der Waals surface area contributed by atoms with E-state index in [4.69, 9.17) is 4.74 Å². The van der Waals surface area contributed by atoms with Crippen molar-refractivity contribution < 1.29 is 14.3 Å². The minimum atomic E-state index is -0.473. The molecule has 0 saturated carbocycles. The summed E-state index contributed by atoms with van der Waals surface area (Å²) in [6.07, 6.45) is 3.38. The van der Waals surface area contributed by atoms with Crippen LogP contribution in [0.4, 0.5) is 4.79 Å². The van der Waals surface area contributed by atoms with Crippen LogP contribution in [0.3, 0.4) is 0 Å². The molecule has 4 nitrogen and oxygen atoms in total. The van der Waals surface area contributed by atoms with Gasteiger partial charge in [0.25, 0.3) is 0 Å². The van der Waals surface area contributed by atoms with Crippen molar-refractivity contribution in [3.8, 4) is 0 Å². The van der Waals surface area contributed by atoms with Crippen LogP contribution in [0.15, 0.2) is 42.0 Å². The van der Waals surface area contributed by atoms with E-state index >= 15 is 0 Å². The number of hydrogen-bond acceptors (Lipinski definition) is 3. The Morgan fingerprint density at radius 3 is 2.30 bits per heavy atom. The molecular formula is C19H25NO3. The van der Waals surface area contributed by atoms with Crippen LogP contribution in [0.5, 0.6) is 0 Å². The van der Waals surface area contributed by atoms with E-state index in [2.05, 4.69) is 0 Å². The van der Waals surface area contributed by atoms with Gasteiger partial charge in [0.2, 0.25) is 0 Å². The summed E-state index contributed by atoms with van der Waals surface area (Å²) in [5.41, 5.74) is 1.67. The quantitative estimate of drug-likeness (QED) is 0.798. The highest BCUT2D eigenvalue weighted by atomic mass is 16.6. The van der Waals surface area contributed by atoms with E-state index in [0.29, 0.717) is 19.5 Å². The number of rotatable bonds is 3. The second-order valence-electron chi connectivity index (χ2n) is 6.90. The molecule has 0 N–H and O–H groups in total. The van der Waals surface area contributed by atoms with Crippen LogP contribution >= 0.6 is 0 Å². The number of ketones is 1. The van der Waals surface area contributed by atoms with Gasteiger partial charge in [0, 0.05) is 19.5 Å². The first-order chi connectivity index (χ1) is 10.8. The molecule has 23 heavy (non-hydrogen) atoms. The molecule has 1 heterocycles. The Kier molecular flexibility index (Phi) is 5.59. The number of carbonyl (C=O) groups is 2. The van der Waals surface area contributed by atoms with Gasteiger partial charge in [-0.1, -0.05) is 35.9 Å². The van der Waals surface area contributed by atoms with E-state index in [1.54, 1.807) is 11.0 Å². The number of likely N-dealkylation sites (tertiary alicyclic amines) is 1. The number of ether oxygens (including phenoxy) is 1. The number of allylic oxidation sites excluding steroid dienone is 1. The molecule has 0 unspecified atom stereocenters. The lowest BCUT2D eigenvalue weighted by Gasteiger charge is -2.30. The van der Waals surface area contributed by atoms with Crippen molar-refractivity contribution in [2.45, 2.75) is 45.6 Å². The lowest BCUT2D eigenvalue weighted by Crippen LogP contribution is -2.40. The van der Waals surface area contributed by atoms with Gasteiger partial charge in [-0.3, -0.25) is 4.79 Å². The van der Waals surface area contributed by atoms with Crippen molar-refractivity contribution in [3.63, 3.8) is 0 Å². The minimum Gasteiger partial charge on any atom is -0.444 e. The molecule has 1 aliphatic heterocycles. The predicted molar refractivity (Wildman–Crippen MR) is 90.3 cm³/mol. The molecule has 0 aromatic heterocycles. The Labute approximate surface area is 138 Å². The SMILES string of the molecule is CC(C)(C)OC(=O)N1CCC(=CC(=O)Cc2ccccc2)CC1. The number of carbonyl (C=O) groups excluding carboxylic acids is 2. The molecule has 0 atom stereocenters. The Hall–Kier alpha value is -2.10. The van der Waals surface area contributed by atoms with Gasteiger partial charge in [0.05, 0.1) is 0 Å². The summed E-state index contributed by atoms with van der Waals surface area (Å²) < 4.78 is 5.37. The molecule has 0 aliphatic carbocycles. The second-order valence-corrected chi connectivity index (χ2v) is 6.90. The molecule has 1 amide bonds. The van der Waals surface area contributed by atoms with Gasteiger partial charge in [-0.2, -0.15) is 0 Å². The minimum absolute atomic E-state index is 0.122. The molecule has 2 rings (SSSR count). The third kappa shape index (κ3) is 5.89. The highest BCUT2D eigenvalue weighted by Crippen LogP contribution is 2.19. The molecule has 124 valence electrons. The monoisotopic (exact) mass is 315 g/mol. The summed E-state index contributed by atoms with van der Waals surface area (Å²) in [4.78, 5) is 25.8. The fourth-order valence-electron chi connectivity index (χ4n) is 2.52. The third-order valence-corrected chi connectivity index (χ3v) is 3.64. The maximum atomic E-state index is 12.1. The molecule has 0 bridgehead atoms. The number of hydrogen-bond donors (Lipinski definition) is 0. The standard InChI is InChI=1S/C19H25NO3/c1-19(2,3)23-18(22)20-11-9-16(10-12-20)14-17(21)13-15-7-5-4-6-8-15/h4-8,14H,9-13H2,1-3H3. The van der Waals surface area contributed by atoms with E-state index in [1.807, 2.05) is 51.1 Å². The average Bonchev–Trinajstić information content (AvgIpc) is 2.47. The highest BCUT2D eigenvalue weighted by Gasteiger charge is 2.24. The first kappa shape index (κ1) is 17.3. The van der Waals surface area contributed by atoms with Crippen molar-refractivity contribution in [2.24, 2.45) is 0 Å². The highest BCUT2D eigenvalue weighted by molar-refractivity contribution is 5.92. The predicted octanol–water partition coefficient (Wildman–Crippen LogP) is 3.76. The maximum absolute atomic E-state index is 12.1. The van der Waals surface area contributed by atoms with Crippen LogP contribution in [0.1, 0.15) is 39.2 Å². The van der Waals surface area contributed by atoms with Gasteiger partial charge >= 0.3 is 6.09 Å². The number of nitrogens with zero attached hydrogens (tertiary/aromatic N) is 1. The van der Waals surface area contributed by atoms with Crippen molar-refractivity contribution in [3.05, 3.63) is 47.5 Å². The van der Waals surface area contributed by atoms with Crippen molar-refractivity contribution >= 4 is 11.9 Å². The van der Waals surface area contributed by atoms with Crippen molar-refractivity contribution in [2.75, 3.05) is 13.1 Å². The summed E-state index contributed by atoms with van der Waals surface area (Å²) in [6.45, 7) is 6.81. The average molecular weight is 315 g/mol. The van der Waals surface area contributed by atoms with Crippen molar-refractivity contribution in [1.29, 1.82) is 0 Å². The van der Waals surface area contributed by atoms with Gasteiger partial charge in [-0.25, -0.2) is 4.79 Å². The molecule has 1 aliphatic rings. The van der Waals surface area contributed by atoms with E-state index < -0.39 is 5.60 Å². The zero-order valence-corrected chi connectivity index (χ0v) is 14.2. The van der Waals surface area contributed by atoms with Crippen LogP contribution in [-0.4, -0.2) is 35.5 Å². The van der Waals surface area contributed by atoms with Gasteiger partial charge < -0.3 is 9.64 Å². The van der Waals surface area contributed by atoms with Crippen LogP contribution < -0.4 is 0 Å². The van der Waals surface area contributed by atoms with Crippen LogP contribution in [-0.2, 0) is 16.0 Å². The zero-order valence-electron chi connectivity index (χ0n) is 14.2. The Bertz CT molecular complexity index is 574.